The molecule has 0 saturated carbocycles. The topological polar surface area (TPSA) is 59.8 Å². The fourth-order valence-corrected chi connectivity index (χ4v) is 3.08. The molecule has 26 heavy (non-hydrogen) atoms. The third-order valence-electron chi connectivity index (χ3n) is 4.40. The number of rotatable bonds is 4. The maximum absolute atomic E-state index is 12.7. The van der Waals surface area contributed by atoms with E-state index in [4.69, 9.17) is 0 Å². The summed E-state index contributed by atoms with van der Waals surface area (Å²) in [6, 6.07) is 17.6. The van der Waals surface area contributed by atoms with Crippen LogP contribution in [-0.2, 0) is 13.6 Å². The first-order chi connectivity index (χ1) is 12.7. The largest absolute Gasteiger partial charge is 0.348 e. The SMILES string of the molecule is Cn1nccc1-c1cncc(CNC(=O)c2cccc3ccccc23)c1. The van der Waals surface area contributed by atoms with Crippen LogP contribution >= 0.6 is 0 Å². The Morgan fingerprint density at radius 2 is 1.92 bits per heavy atom. The molecule has 0 atom stereocenters. The van der Waals surface area contributed by atoms with E-state index in [2.05, 4.69) is 15.4 Å². The lowest BCUT2D eigenvalue weighted by Crippen LogP contribution is -2.23. The average Bonchev–Trinajstić information content (AvgIpc) is 3.12. The predicted octanol–water partition coefficient (Wildman–Crippen LogP) is 3.57. The number of pyridine rings is 1. The van der Waals surface area contributed by atoms with E-state index in [0.717, 1.165) is 27.6 Å². The van der Waals surface area contributed by atoms with Gasteiger partial charge in [0.15, 0.2) is 0 Å². The van der Waals surface area contributed by atoms with Gasteiger partial charge in [0.2, 0.25) is 0 Å². The van der Waals surface area contributed by atoms with Crippen LogP contribution in [0.1, 0.15) is 15.9 Å². The van der Waals surface area contributed by atoms with Crippen LogP contribution in [0.15, 0.2) is 73.2 Å². The van der Waals surface area contributed by atoms with Gasteiger partial charge in [-0.2, -0.15) is 5.10 Å². The standard InChI is InChI=1S/C21H18N4O/c1-25-20(9-10-24-25)17-11-15(12-22-14-17)13-23-21(26)19-8-4-6-16-5-2-3-7-18(16)19/h2-12,14H,13H2,1H3,(H,23,26). The van der Waals surface area contributed by atoms with Gasteiger partial charge in [-0.1, -0.05) is 36.4 Å². The van der Waals surface area contributed by atoms with Crippen LogP contribution in [0, 0.1) is 0 Å². The molecule has 0 bridgehead atoms. The summed E-state index contributed by atoms with van der Waals surface area (Å²) in [4.78, 5) is 16.9. The fraction of sp³-hybridized carbons (Fsp3) is 0.0952. The molecule has 0 unspecified atom stereocenters. The molecule has 128 valence electrons. The van der Waals surface area contributed by atoms with Crippen LogP contribution in [-0.4, -0.2) is 20.7 Å². The zero-order chi connectivity index (χ0) is 17.9. The van der Waals surface area contributed by atoms with Crippen LogP contribution in [0.4, 0.5) is 0 Å². The van der Waals surface area contributed by atoms with Crippen molar-refractivity contribution < 1.29 is 4.79 Å². The first-order valence-electron chi connectivity index (χ1n) is 8.40. The second kappa shape index (κ2) is 6.80. The van der Waals surface area contributed by atoms with Crippen LogP contribution < -0.4 is 5.32 Å². The molecule has 5 nitrogen and oxygen atoms in total. The van der Waals surface area contributed by atoms with Gasteiger partial charge < -0.3 is 5.32 Å². The molecule has 0 aliphatic rings. The average molecular weight is 342 g/mol. The molecule has 0 fully saturated rings. The number of amides is 1. The van der Waals surface area contributed by atoms with E-state index >= 15 is 0 Å². The summed E-state index contributed by atoms with van der Waals surface area (Å²) in [5.74, 6) is -0.0901. The van der Waals surface area contributed by atoms with Gasteiger partial charge in [-0.05, 0) is 34.5 Å². The van der Waals surface area contributed by atoms with Crippen LogP contribution in [0.2, 0.25) is 0 Å². The number of aromatic nitrogens is 3. The maximum atomic E-state index is 12.7. The van der Waals surface area contributed by atoms with Crippen LogP contribution in [0.25, 0.3) is 22.0 Å². The molecule has 2 heterocycles. The van der Waals surface area contributed by atoms with Crippen molar-refractivity contribution in [2.24, 2.45) is 7.05 Å². The van der Waals surface area contributed by atoms with Crippen molar-refractivity contribution in [3.8, 4) is 11.3 Å². The minimum absolute atomic E-state index is 0.0901. The first-order valence-corrected chi connectivity index (χ1v) is 8.40. The summed E-state index contributed by atoms with van der Waals surface area (Å²) >= 11 is 0. The molecule has 5 heteroatoms. The Morgan fingerprint density at radius 1 is 1.08 bits per heavy atom. The van der Waals surface area contributed by atoms with E-state index in [1.165, 1.54) is 0 Å². The van der Waals surface area contributed by atoms with Gasteiger partial charge in [-0.3, -0.25) is 14.5 Å². The highest BCUT2D eigenvalue weighted by Crippen LogP contribution is 2.20. The molecule has 2 aromatic carbocycles. The Morgan fingerprint density at radius 3 is 2.77 bits per heavy atom. The lowest BCUT2D eigenvalue weighted by atomic mass is 10.0. The molecular weight excluding hydrogens is 324 g/mol. The Hall–Kier alpha value is -3.47. The van der Waals surface area contributed by atoms with Gasteiger partial charge in [0.25, 0.3) is 5.91 Å². The molecule has 4 rings (SSSR count). The zero-order valence-corrected chi connectivity index (χ0v) is 14.4. The monoisotopic (exact) mass is 342 g/mol. The van der Waals surface area contributed by atoms with Crippen molar-refractivity contribution in [1.82, 2.24) is 20.1 Å². The second-order valence-corrected chi connectivity index (χ2v) is 6.13. The summed E-state index contributed by atoms with van der Waals surface area (Å²) in [6.45, 7) is 0.417. The van der Waals surface area contributed by atoms with Gasteiger partial charge in [0.1, 0.15) is 0 Å². The molecule has 4 aromatic rings. The van der Waals surface area contributed by atoms with E-state index in [-0.39, 0.29) is 5.91 Å². The Kier molecular flexibility index (Phi) is 4.19. The van der Waals surface area contributed by atoms with Gasteiger partial charge in [0.05, 0.1) is 5.69 Å². The molecule has 1 N–H and O–H groups in total. The molecular formula is C21H18N4O. The van der Waals surface area contributed by atoms with E-state index in [9.17, 15) is 4.79 Å². The highest BCUT2D eigenvalue weighted by Gasteiger charge is 2.10. The van der Waals surface area contributed by atoms with Crippen molar-refractivity contribution in [2.45, 2.75) is 6.54 Å². The smallest absolute Gasteiger partial charge is 0.252 e. The number of nitrogens with zero attached hydrogens (tertiary/aromatic N) is 3. The molecule has 0 aliphatic carbocycles. The summed E-state index contributed by atoms with van der Waals surface area (Å²) in [7, 11) is 1.89. The molecule has 0 saturated heterocycles. The van der Waals surface area contributed by atoms with Gasteiger partial charge in [-0.15, -0.1) is 0 Å². The first kappa shape index (κ1) is 16.0. The third kappa shape index (κ3) is 3.07. The number of benzene rings is 2. The van der Waals surface area contributed by atoms with Crippen LogP contribution in [0.5, 0.6) is 0 Å². The van der Waals surface area contributed by atoms with Crippen LogP contribution in [0.3, 0.4) is 0 Å². The number of fused-ring (bicyclic) bond motifs is 1. The maximum Gasteiger partial charge on any atom is 0.252 e. The minimum Gasteiger partial charge on any atom is -0.348 e. The number of hydrogen-bond acceptors (Lipinski definition) is 3. The predicted molar refractivity (Wildman–Crippen MR) is 102 cm³/mol. The van der Waals surface area contributed by atoms with Crippen molar-refractivity contribution in [2.75, 3.05) is 0 Å². The fourth-order valence-electron chi connectivity index (χ4n) is 3.08. The molecule has 0 radical (unpaired) electrons. The minimum atomic E-state index is -0.0901. The van der Waals surface area contributed by atoms with E-state index < -0.39 is 0 Å². The number of nitrogens with one attached hydrogen (secondary N) is 1. The van der Waals surface area contributed by atoms with Crippen molar-refractivity contribution in [3.05, 3.63) is 84.3 Å². The highest BCUT2D eigenvalue weighted by molar-refractivity contribution is 6.06. The second-order valence-electron chi connectivity index (χ2n) is 6.13. The summed E-state index contributed by atoms with van der Waals surface area (Å²) in [5.41, 5.74) is 3.58. The molecule has 0 spiro atoms. The lowest BCUT2D eigenvalue weighted by molar-refractivity contribution is 0.0952. The zero-order valence-electron chi connectivity index (χ0n) is 14.4. The quantitative estimate of drug-likeness (QED) is 0.617. The molecule has 2 aromatic heterocycles. The molecule has 1 amide bonds. The lowest BCUT2D eigenvalue weighted by Gasteiger charge is -2.09. The van der Waals surface area contributed by atoms with Gasteiger partial charge >= 0.3 is 0 Å². The Labute approximate surface area is 151 Å². The molecule has 0 aliphatic heterocycles. The van der Waals surface area contributed by atoms with Gasteiger partial charge in [0, 0.05) is 43.3 Å². The van der Waals surface area contributed by atoms with Crippen molar-refractivity contribution in [3.63, 3.8) is 0 Å². The van der Waals surface area contributed by atoms with E-state index in [0.29, 0.717) is 12.1 Å². The normalized spacial score (nSPS) is 10.8. The van der Waals surface area contributed by atoms with E-state index in [1.807, 2.05) is 61.6 Å². The summed E-state index contributed by atoms with van der Waals surface area (Å²) in [5, 5.41) is 9.19. The number of hydrogen-bond donors (Lipinski definition) is 1. The van der Waals surface area contributed by atoms with Gasteiger partial charge in [-0.25, -0.2) is 0 Å². The number of carbonyl (C=O) groups is 1. The van der Waals surface area contributed by atoms with E-state index in [1.54, 1.807) is 23.3 Å². The summed E-state index contributed by atoms with van der Waals surface area (Å²) < 4.78 is 1.80. The Bertz CT molecular complexity index is 1080. The van der Waals surface area contributed by atoms with Crippen molar-refractivity contribution >= 4 is 16.7 Å². The number of carbonyl (C=O) groups excluding carboxylic acids is 1. The Balaban J connectivity index is 1.54. The third-order valence-corrected chi connectivity index (χ3v) is 4.40. The number of aryl methyl sites for hydroxylation is 1. The van der Waals surface area contributed by atoms with Crippen molar-refractivity contribution in [1.29, 1.82) is 0 Å². The summed E-state index contributed by atoms with van der Waals surface area (Å²) in [6.07, 6.45) is 5.32. The highest BCUT2D eigenvalue weighted by atomic mass is 16.1.